The van der Waals surface area contributed by atoms with Crippen molar-refractivity contribution in [3.8, 4) is 0 Å². The Bertz CT molecular complexity index is 398. The minimum atomic E-state index is -0.0860. The number of nitrogens with two attached hydrogens (primary N) is 1. The molecule has 94 valence electrons. The average molecular weight is 317 g/mol. The zero-order chi connectivity index (χ0) is 12.8. The van der Waals surface area contributed by atoms with Crippen molar-refractivity contribution in [3.05, 3.63) is 28.2 Å². The van der Waals surface area contributed by atoms with E-state index in [0.717, 1.165) is 5.75 Å². The van der Waals surface area contributed by atoms with Crippen LogP contribution in [0.25, 0.3) is 0 Å². The summed E-state index contributed by atoms with van der Waals surface area (Å²) in [5.41, 5.74) is 6.89. The monoisotopic (exact) mass is 316 g/mol. The first-order valence-corrected chi connectivity index (χ1v) is 7.56. The van der Waals surface area contributed by atoms with E-state index in [1.54, 1.807) is 30.0 Å². The Hall–Kier alpha value is -0.680. The number of carbonyl (C=O) groups is 1. The lowest BCUT2D eigenvalue weighted by atomic mass is 10.1. The third kappa shape index (κ3) is 4.24. The predicted octanol–water partition coefficient (Wildman–Crippen LogP) is 2.76. The molecular formula is C12H17BrN2OS. The predicted molar refractivity (Wildman–Crippen MR) is 78.4 cm³/mol. The van der Waals surface area contributed by atoms with E-state index in [1.165, 1.54) is 0 Å². The standard InChI is InChI=1S/C12H17BrN2OS/c1-8(7-17-2)6-15-12(16)9-4-3-5-10(14)11(9)13/h3-5,8H,6-7,14H2,1-2H3,(H,15,16). The Morgan fingerprint density at radius 3 is 2.94 bits per heavy atom. The van der Waals surface area contributed by atoms with Crippen molar-refractivity contribution in [1.29, 1.82) is 0 Å². The second kappa shape index (κ2) is 6.91. The first-order chi connectivity index (χ1) is 8.06. The highest BCUT2D eigenvalue weighted by molar-refractivity contribution is 9.10. The fourth-order valence-corrected chi connectivity index (χ4v) is 2.56. The number of rotatable bonds is 5. The van der Waals surface area contributed by atoms with Crippen LogP contribution < -0.4 is 11.1 Å². The summed E-state index contributed by atoms with van der Waals surface area (Å²) >= 11 is 5.11. The van der Waals surface area contributed by atoms with Crippen LogP contribution in [0.4, 0.5) is 5.69 Å². The van der Waals surface area contributed by atoms with Crippen LogP contribution in [0, 0.1) is 5.92 Å². The van der Waals surface area contributed by atoms with Gasteiger partial charge in [0.15, 0.2) is 0 Å². The molecule has 0 aliphatic heterocycles. The van der Waals surface area contributed by atoms with E-state index in [-0.39, 0.29) is 5.91 Å². The minimum absolute atomic E-state index is 0.0860. The van der Waals surface area contributed by atoms with Crippen LogP contribution in [-0.4, -0.2) is 24.5 Å². The van der Waals surface area contributed by atoms with Crippen LogP contribution >= 0.6 is 27.7 Å². The lowest BCUT2D eigenvalue weighted by Gasteiger charge is -2.12. The van der Waals surface area contributed by atoms with Gasteiger partial charge < -0.3 is 11.1 Å². The molecule has 1 atom stereocenters. The molecule has 17 heavy (non-hydrogen) atoms. The van der Waals surface area contributed by atoms with Crippen molar-refractivity contribution in [2.24, 2.45) is 5.92 Å². The number of hydrogen-bond donors (Lipinski definition) is 2. The zero-order valence-electron chi connectivity index (χ0n) is 10.00. The number of nitrogen functional groups attached to an aromatic ring is 1. The van der Waals surface area contributed by atoms with Gasteiger partial charge in [0.2, 0.25) is 0 Å². The SMILES string of the molecule is CSCC(C)CNC(=O)c1cccc(N)c1Br. The number of nitrogens with one attached hydrogen (secondary N) is 1. The van der Waals surface area contributed by atoms with Gasteiger partial charge in [-0.2, -0.15) is 11.8 Å². The molecule has 0 heterocycles. The molecule has 3 nitrogen and oxygen atoms in total. The quantitative estimate of drug-likeness (QED) is 0.821. The molecule has 0 fully saturated rings. The van der Waals surface area contributed by atoms with Crippen molar-refractivity contribution in [1.82, 2.24) is 5.32 Å². The van der Waals surface area contributed by atoms with E-state index in [0.29, 0.717) is 28.2 Å². The molecule has 1 amide bonds. The van der Waals surface area contributed by atoms with Crippen LogP contribution in [0.3, 0.4) is 0 Å². The highest BCUT2D eigenvalue weighted by atomic mass is 79.9. The van der Waals surface area contributed by atoms with Crippen molar-refractivity contribution in [3.63, 3.8) is 0 Å². The number of benzene rings is 1. The van der Waals surface area contributed by atoms with Gasteiger partial charge in [-0.15, -0.1) is 0 Å². The minimum Gasteiger partial charge on any atom is -0.398 e. The Morgan fingerprint density at radius 1 is 1.59 bits per heavy atom. The van der Waals surface area contributed by atoms with E-state index in [2.05, 4.69) is 34.4 Å². The maximum Gasteiger partial charge on any atom is 0.252 e. The van der Waals surface area contributed by atoms with Crippen LogP contribution in [0.5, 0.6) is 0 Å². The molecule has 0 aliphatic rings. The fourth-order valence-electron chi connectivity index (χ4n) is 1.43. The average Bonchev–Trinajstić information content (AvgIpc) is 2.30. The molecule has 0 saturated heterocycles. The Kier molecular flexibility index (Phi) is 5.85. The summed E-state index contributed by atoms with van der Waals surface area (Å²) in [5.74, 6) is 1.42. The highest BCUT2D eigenvalue weighted by Crippen LogP contribution is 2.23. The van der Waals surface area contributed by atoms with E-state index in [9.17, 15) is 4.79 Å². The smallest absolute Gasteiger partial charge is 0.252 e. The molecule has 0 saturated carbocycles. The van der Waals surface area contributed by atoms with Crippen molar-refractivity contribution in [2.75, 3.05) is 24.3 Å². The Morgan fingerprint density at radius 2 is 2.29 bits per heavy atom. The van der Waals surface area contributed by atoms with Crippen molar-refractivity contribution < 1.29 is 4.79 Å². The molecular weight excluding hydrogens is 300 g/mol. The van der Waals surface area contributed by atoms with Gasteiger partial charge in [0.25, 0.3) is 5.91 Å². The maximum atomic E-state index is 11.9. The highest BCUT2D eigenvalue weighted by Gasteiger charge is 2.12. The van der Waals surface area contributed by atoms with Crippen molar-refractivity contribution in [2.45, 2.75) is 6.92 Å². The molecule has 1 unspecified atom stereocenters. The summed E-state index contributed by atoms with van der Waals surface area (Å²) in [6, 6.07) is 5.30. The lowest BCUT2D eigenvalue weighted by Crippen LogP contribution is -2.29. The zero-order valence-corrected chi connectivity index (χ0v) is 12.4. The molecule has 0 bridgehead atoms. The summed E-state index contributed by atoms with van der Waals surface area (Å²) in [7, 11) is 0. The Labute approximate surface area is 115 Å². The summed E-state index contributed by atoms with van der Waals surface area (Å²) in [5, 5.41) is 2.91. The normalized spacial score (nSPS) is 12.2. The van der Waals surface area contributed by atoms with Gasteiger partial charge in [-0.25, -0.2) is 0 Å². The van der Waals surface area contributed by atoms with E-state index >= 15 is 0 Å². The van der Waals surface area contributed by atoms with Crippen LogP contribution in [0.2, 0.25) is 0 Å². The molecule has 0 aliphatic carbocycles. The van der Waals surface area contributed by atoms with Crippen LogP contribution in [0.15, 0.2) is 22.7 Å². The van der Waals surface area contributed by atoms with Crippen molar-refractivity contribution >= 4 is 39.3 Å². The largest absolute Gasteiger partial charge is 0.398 e. The first-order valence-electron chi connectivity index (χ1n) is 5.37. The number of halogens is 1. The second-order valence-electron chi connectivity index (χ2n) is 3.98. The van der Waals surface area contributed by atoms with E-state index < -0.39 is 0 Å². The number of anilines is 1. The van der Waals surface area contributed by atoms with Crippen LogP contribution in [0.1, 0.15) is 17.3 Å². The molecule has 3 N–H and O–H groups in total. The van der Waals surface area contributed by atoms with Gasteiger partial charge in [-0.05, 0) is 46.0 Å². The van der Waals surface area contributed by atoms with Gasteiger partial charge in [-0.1, -0.05) is 13.0 Å². The molecule has 1 aromatic carbocycles. The van der Waals surface area contributed by atoms with E-state index in [4.69, 9.17) is 5.73 Å². The fraction of sp³-hybridized carbons (Fsp3) is 0.417. The third-order valence-corrected chi connectivity index (χ3v) is 4.12. The van der Waals surface area contributed by atoms with Gasteiger partial charge in [-0.3, -0.25) is 4.79 Å². The summed E-state index contributed by atoms with van der Waals surface area (Å²) in [6.45, 7) is 2.80. The third-order valence-electron chi connectivity index (χ3n) is 2.34. The van der Waals surface area contributed by atoms with Gasteiger partial charge in [0.05, 0.1) is 10.0 Å². The molecule has 0 spiro atoms. The molecule has 0 radical (unpaired) electrons. The molecule has 0 aromatic heterocycles. The maximum absolute atomic E-state index is 11.9. The summed E-state index contributed by atoms with van der Waals surface area (Å²) < 4.78 is 0.662. The molecule has 5 heteroatoms. The second-order valence-corrected chi connectivity index (χ2v) is 5.68. The number of hydrogen-bond acceptors (Lipinski definition) is 3. The van der Waals surface area contributed by atoms with Gasteiger partial charge in [0, 0.05) is 12.2 Å². The van der Waals surface area contributed by atoms with Crippen LogP contribution in [-0.2, 0) is 0 Å². The van der Waals surface area contributed by atoms with Gasteiger partial charge in [0.1, 0.15) is 0 Å². The lowest BCUT2D eigenvalue weighted by molar-refractivity contribution is 0.0948. The number of amides is 1. The summed E-state index contributed by atoms with van der Waals surface area (Å²) in [4.78, 5) is 11.9. The summed E-state index contributed by atoms with van der Waals surface area (Å²) in [6.07, 6.45) is 2.06. The number of thioether (sulfide) groups is 1. The topological polar surface area (TPSA) is 55.1 Å². The Balaban J connectivity index is 2.61. The number of carbonyl (C=O) groups excluding carboxylic acids is 1. The first kappa shape index (κ1) is 14.4. The molecule has 1 rings (SSSR count). The van der Waals surface area contributed by atoms with E-state index in [1.807, 2.05) is 0 Å². The molecule has 1 aromatic rings. The van der Waals surface area contributed by atoms with Gasteiger partial charge >= 0.3 is 0 Å².